The highest BCUT2D eigenvalue weighted by molar-refractivity contribution is 6.30. The van der Waals surface area contributed by atoms with Gasteiger partial charge in [0.25, 0.3) is 0 Å². The third-order valence-corrected chi connectivity index (χ3v) is 6.07. The first-order valence-electron chi connectivity index (χ1n) is 11.4. The zero-order valence-electron chi connectivity index (χ0n) is 21.2. The molecule has 5 nitrogen and oxygen atoms in total. The lowest BCUT2D eigenvalue weighted by Gasteiger charge is -2.29. The number of aryl methyl sites for hydroxylation is 2. The van der Waals surface area contributed by atoms with E-state index in [-0.39, 0.29) is 0 Å². The van der Waals surface area contributed by atoms with Gasteiger partial charge in [-0.05, 0) is 70.7 Å². The highest BCUT2D eigenvalue weighted by Gasteiger charge is 2.34. The normalized spacial score (nSPS) is 13.1. The summed E-state index contributed by atoms with van der Waals surface area (Å²) in [5.74, 6) is 0.0203. The number of nitrogens with zero attached hydrogens (tertiary/aromatic N) is 2. The van der Waals surface area contributed by atoms with Gasteiger partial charge in [0.05, 0.1) is 12.7 Å². The smallest absolute Gasteiger partial charge is 0.339 e. The van der Waals surface area contributed by atoms with Crippen LogP contribution in [-0.2, 0) is 20.8 Å². The van der Waals surface area contributed by atoms with Crippen LogP contribution in [0.1, 0.15) is 63.2 Å². The van der Waals surface area contributed by atoms with Crippen molar-refractivity contribution >= 4 is 28.6 Å². The van der Waals surface area contributed by atoms with Crippen LogP contribution in [0.2, 0.25) is 5.02 Å². The number of carbonyl (C=O) groups excluding carboxylic acids is 1. The van der Waals surface area contributed by atoms with Gasteiger partial charge in [0, 0.05) is 39.5 Å². The van der Waals surface area contributed by atoms with Crippen LogP contribution in [0.15, 0.2) is 24.3 Å². The number of ether oxygens (including phenoxy) is 2. The number of halogens is 1. The number of carbonyl (C=O) groups is 1. The first-order chi connectivity index (χ1) is 15.4. The van der Waals surface area contributed by atoms with Crippen LogP contribution >= 0.6 is 11.6 Å². The molecule has 178 valence electrons. The quantitative estimate of drug-likeness (QED) is 0.365. The van der Waals surface area contributed by atoms with Crippen molar-refractivity contribution in [1.82, 2.24) is 9.55 Å². The molecule has 0 aliphatic carbocycles. The number of esters is 1. The molecule has 0 fully saturated rings. The van der Waals surface area contributed by atoms with E-state index in [2.05, 4.69) is 32.3 Å². The first kappa shape index (κ1) is 25.3. The largest absolute Gasteiger partial charge is 0.467 e. The monoisotopic (exact) mass is 470 g/mol. The van der Waals surface area contributed by atoms with Crippen molar-refractivity contribution in [2.45, 2.75) is 73.6 Å². The van der Waals surface area contributed by atoms with Gasteiger partial charge in [-0.25, -0.2) is 9.78 Å². The summed E-state index contributed by atoms with van der Waals surface area (Å²) in [6, 6.07) is 7.71. The summed E-state index contributed by atoms with van der Waals surface area (Å²) in [6.45, 7) is 17.2. The summed E-state index contributed by atoms with van der Waals surface area (Å²) in [7, 11) is 1.39. The first-order valence-corrected chi connectivity index (χ1v) is 11.7. The summed E-state index contributed by atoms with van der Waals surface area (Å²) in [6.07, 6.45) is -0.911. The van der Waals surface area contributed by atoms with Gasteiger partial charge in [-0.1, -0.05) is 37.6 Å². The maximum Gasteiger partial charge on any atom is 0.339 e. The van der Waals surface area contributed by atoms with E-state index >= 15 is 0 Å². The molecule has 0 amide bonds. The van der Waals surface area contributed by atoms with Gasteiger partial charge >= 0.3 is 5.97 Å². The van der Waals surface area contributed by atoms with Gasteiger partial charge in [0.15, 0.2) is 6.10 Å². The zero-order valence-corrected chi connectivity index (χ0v) is 21.9. The van der Waals surface area contributed by atoms with Crippen LogP contribution < -0.4 is 0 Å². The molecule has 0 N–H and O–H groups in total. The molecule has 0 radical (unpaired) electrons. The van der Waals surface area contributed by atoms with Crippen molar-refractivity contribution in [1.29, 1.82) is 0 Å². The summed E-state index contributed by atoms with van der Waals surface area (Å²) < 4.78 is 13.8. The Hall–Kier alpha value is -2.37. The van der Waals surface area contributed by atoms with Gasteiger partial charge < -0.3 is 14.0 Å². The Kier molecular flexibility index (Phi) is 7.25. The molecule has 1 aromatic carbocycles. The van der Waals surface area contributed by atoms with Crippen LogP contribution in [-0.4, -0.2) is 28.2 Å². The molecule has 1 unspecified atom stereocenters. The molecule has 33 heavy (non-hydrogen) atoms. The average Bonchev–Trinajstić information content (AvgIpc) is 2.95. The molecule has 6 heteroatoms. The minimum absolute atomic E-state index is 0.444. The summed E-state index contributed by atoms with van der Waals surface area (Å²) in [5.41, 5.74) is 6.05. The summed E-state index contributed by atoms with van der Waals surface area (Å²) in [5, 5.41) is 1.69. The molecule has 3 rings (SSSR count). The van der Waals surface area contributed by atoms with Crippen molar-refractivity contribution in [2.75, 3.05) is 7.11 Å². The predicted molar refractivity (Wildman–Crippen MR) is 135 cm³/mol. The van der Waals surface area contributed by atoms with Crippen LogP contribution in [0.5, 0.6) is 0 Å². The number of fused-ring (bicyclic) bond motifs is 1. The van der Waals surface area contributed by atoms with Crippen molar-refractivity contribution in [2.24, 2.45) is 5.92 Å². The second-order valence-corrected chi connectivity index (χ2v) is 10.5. The fraction of sp³-hybridized carbons (Fsp3) is 0.481. The third-order valence-electron chi connectivity index (χ3n) is 5.81. The Balaban J connectivity index is 2.48. The van der Waals surface area contributed by atoms with E-state index < -0.39 is 17.7 Å². The number of pyridine rings is 1. The Morgan fingerprint density at radius 2 is 1.73 bits per heavy atom. The van der Waals surface area contributed by atoms with Gasteiger partial charge in [-0.15, -0.1) is 0 Å². The SMILES string of the molecule is COC(=O)C(OC(C)(C)C)c1c(C)nc2c(c(C)c(C)n2CC(C)C)c1-c1ccc(Cl)cc1. The lowest BCUT2D eigenvalue weighted by atomic mass is 9.91. The van der Waals surface area contributed by atoms with Gasteiger partial charge in [0.2, 0.25) is 0 Å². The molecule has 0 aliphatic heterocycles. The van der Waals surface area contributed by atoms with E-state index in [1.54, 1.807) is 0 Å². The average molecular weight is 471 g/mol. The van der Waals surface area contributed by atoms with Crippen molar-refractivity contribution in [3.63, 3.8) is 0 Å². The highest BCUT2D eigenvalue weighted by Crippen LogP contribution is 2.42. The molecule has 2 heterocycles. The number of aromatic nitrogens is 2. The van der Waals surface area contributed by atoms with E-state index in [1.807, 2.05) is 52.0 Å². The van der Waals surface area contributed by atoms with Crippen LogP contribution in [0.4, 0.5) is 0 Å². The van der Waals surface area contributed by atoms with E-state index in [0.717, 1.165) is 45.5 Å². The third kappa shape index (κ3) is 5.10. The minimum atomic E-state index is -0.911. The van der Waals surface area contributed by atoms with E-state index in [1.165, 1.54) is 12.8 Å². The molecule has 0 saturated heterocycles. The van der Waals surface area contributed by atoms with Gasteiger partial charge in [0.1, 0.15) is 5.65 Å². The lowest BCUT2D eigenvalue weighted by Crippen LogP contribution is -2.29. The molecule has 0 saturated carbocycles. The predicted octanol–water partition coefficient (Wildman–Crippen LogP) is 6.97. The van der Waals surface area contributed by atoms with Gasteiger partial charge in [-0.2, -0.15) is 0 Å². The topological polar surface area (TPSA) is 53.4 Å². The Morgan fingerprint density at radius 3 is 2.24 bits per heavy atom. The van der Waals surface area contributed by atoms with Crippen molar-refractivity contribution < 1.29 is 14.3 Å². The van der Waals surface area contributed by atoms with Crippen LogP contribution in [0, 0.1) is 26.7 Å². The van der Waals surface area contributed by atoms with Crippen molar-refractivity contribution in [3.8, 4) is 11.1 Å². The Morgan fingerprint density at radius 1 is 1.12 bits per heavy atom. The standard InChI is InChI=1S/C27H35ClN2O3/c1-15(2)14-30-18(5)16(3)21-23(19-10-12-20(28)13-11-19)22(17(4)29-25(21)30)24(26(31)32-9)33-27(6,7)8/h10-13,15,24H,14H2,1-9H3. The Labute approximate surface area is 202 Å². The molecule has 0 bridgehead atoms. The summed E-state index contributed by atoms with van der Waals surface area (Å²) in [4.78, 5) is 18.0. The second kappa shape index (κ2) is 9.47. The van der Waals surface area contributed by atoms with Gasteiger partial charge in [-0.3, -0.25) is 0 Å². The molecule has 1 atom stereocenters. The molecular formula is C27H35ClN2O3. The van der Waals surface area contributed by atoms with Crippen LogP contribution in [0.3, 0.4) is 0 Å². The maximum absolute atomic E-state index is 13.0. The van der Waals surface area contributed by atoms with E-state index in [0.29, 0.717) is 10.9 Å². The zero-order chi connectivity index (χ0) is 24.7. The van der Waals surface area contributed by atoms with Crippen LogP contribution in [0.25, 0.3) is 22.2 Å². The minimum Gasteiger partial charge on any atom is -0.467 e. The van der Waals surface area contributed by atoms with E-state index in [4.69, 9.17) is 26.1 Å². The molecule has 3 aromatic rings. The fourth-order valence-corrected chi connectivity index (χ4v) is 4.43. The fourth-order valence-electron chi connectivity index (χ4n) is 4.31. The summed E-state index contributed by atoms with van der Waals surface area (Å²) >= 11 is 6.21. The lowest BCUT2D eigenvalue weighted by molar-refractivity contribution is -0.164. The number of methoxy groups -OCH3 is 1. The Bertz CT molecular complexity index is 1170. The molecule has 2 aromatic heterocycles. The number of rotatable bonds is 6. The number of hydrogen-bond acceptors (Lipinski definition) is 4. The van der Waals surface area contributed by atoms with E-state index in [9.17, 15) is 4.79 Å². The molecular weight excluding hydrogens is 436 g/mol. The molecule has 0 aliphatic rings. The highest BCUT2D eigenvalue weighted by atomic mass is 35.5. The molecule has 0 spiro atoms. The number of benzene rings is 1. The van der Waals surface area contributed by atoms with Crippen molar-refractivity contribution in [3.05, 3.63) is 51.8 Å². The number of hydrogen-bond donors (Lipinski definition) is 0. The maximum atomic E-state index is 13.0. The second-order valence-electron chi connectivity index (χ2n) is 10.0.